The average Bonchev–Trinajstić information content (AvgIpc) is 3.41. The first kappa shape index (κ1) is 38.1. The first-order valence-corrected chi connectivity index (χ1v) is 21.7. The zero-order valence-electron chi connectivity index (χ0n) is 34.6. The number of para-hydroxylation sites is 2. The van der Waals surface area contributed by atoms with E-state index in [1.54, 1.807) is 0 Å². The van der Waals surface area contributed by atoms with Crippen LogP contribution in [0, 0.1) is 0 Å². The molecule has 0 saturated carbocycles. The number of nitrogens with zero attached hydrogens (tertiary/aromatic N) is 2. The van der Waals surface area contributed by atoms with E-state index < -0.39 is 5.41 Å². The SMILES string of the molecule is C=C1/C=C\C=C/CC2=C(C3=C1CC(N(C1=CCCC=C1)c1ccccc1)C=C3)C(c1ccccc1)(c1ccccc1)c1cc(N(C3=CC=CCC=C3)c3ccccc3)ccc12. The summed E-state index contributed by atoms with van der Waals surface area (Å²) in [6.07, 6.45) is 36.6. The highest BCUT2D eigenvalue weighted by molar-refractivity contribution is 5.92. The van der Waals surface area contributed by atoms with Crippen molar-refractivity contribution in [2.24, 2.45) is 0 Å². The van der Waals surface area contributed by atoms with Gasteiger partial charge < -0.3 is 9.80 Å². The van der Waals surface area contributed by atoms with Crippen LogP contribution in [0.15, 0.2) is 265 Å². The minimum Gasteiger partial charge on any atom is -0.334 e. The summed E-state index contributed by atoms with van der Waals surface area (Å²) in [7, 11) is 0. The Labute approximate surface area is 361 Å². The Balaban J connectivity index is 1.23. The molecule has 0 heterocycles. The molecule has 61 heavy (non-hydrogen) atoms. The molecule has 0 bridgehead atoms. The Bertz CT molecular complexity index is 2730. The summed E-state index contributed by atoms with van der Waals surface area (Å²) in [6.45, 7) is 4.83. The molecule has 2 heteroatoms. The predicted octanol–water partition coefficient (Wildman–Crippen LogP) is 14.8. The van der Waals surface area contributed by atoms with Crippen molar-refractivity contribution in [3.63, 3.8) is 0 Å². The minimum absolute atomic E-state index is 0.0930. The van der Waals surface area contributed by atoms with Crippen LogP contribution in [0.2, 0.25) is 0 Å². The lowest BCUT2D eigenvalue weighted by atomic mass is 9.63. The van der Waals surface area contributed by atoms with Gasteiger partial charge in [-0.25, -0.2) is 0 Å². The van der Waals surface area contributed by atoms with Crippen LogP contribution in [0.3, 0.4) is 0 Å². The fourth-order valence-electron chi connectivity index (χ4n) is 10.0. The lowest BCUT2D eigenvalue weighted by Gasteiger charge is -2.40. The number of allylic oxidation sites excluding steroid dienone is 17. The van der Waals surface area contributed by atoms with Gasteiger partial charge in [0.2, 0.25) is 0 Å². The average molecular weight is 787 g/mol. The molecule has 0 fully saturated rings. The summed E-state index contributed by atoms with van der Waals surface area (Å²) in [5, 5.41) is 0. The van der Waals surface area contributed by atoms with Gasteiger partial charge in [-0.3, -0.25) is 0 Å². The van der Waals surface area contributed by atoms with Crippen LogP contribution in [-0.2, 0) is 5.41 Å². The van der Waals surface area contributed by atoms with Crippen LogP contribution >= 0.6 is 0 Å². The quantitative estimate of drug-likeness (QED) is 0.155. The second-order valence-corrected chi connectivity index (χ2v) is 16.2. The maximum Gasteiger partial charge on any atom is 0.0717 e. The summed E-state index contributed by atoms with van der Waals surface area (Å²) < 4.78 is 0. The van der Waals surface area contributed by atoms with Gasteiger partial charge in [0, 0.05) is 28.5 Å². The largest absolute Gasteiger partial charge is 0.334 e. The first-order chi connectivity index (χ1) is 30.2. The molecule has 1 unspecified atom stereocenters. The molecule has 0 aromatic heterocycles. The molecule has 296 valence electrons. The van der Waals surface area contributed by atoms with Crippen LogP contribution in [0.25, 0.3) is 5.57 Å². The zero-order chi connectivity index (χ0) is 41.0. The van der Waals surface area contributed by atoms with Crippen molar-refractivity contribution in [1.82, 2.24) is 0 Å². The van der Waals surface area contributed by atoms with Crippen molar-refractivity contribution < 1.29 is 0 Å². The van der Waals surface area contributed by atoms with E-state index in [0.29, 0.717) is 0 Å². The van der Waals surface area contributed by atoms with Crippen molar-refractivity contribution in [1.29, 1.82) is 0 Å². The maximum absolute atomic E-state index is 4.83. The van der Waals surface area contributed by atoms with Gasteiger partial charge in [0.25, 0.3) is 0 Å². The third-order valence-electron chi connectivity index (χ3n) is 12.7. The summed E-state index contributed by atoms with van der Waals surface area (Å²) in [5.74, 6) is 0. The lowest BCUT2D eigenvalue weighted by Crippen LogP contribution is -2.36. The highest BCUT2D eigenvalue weighted by Gasteiger charge is 2.49. The maximum atomic E-state index is 4.83. The highest BCUT2D eigenvalue weighted by Crippen LogP contribution is 2.60. The number of hydrogen-bond acceptors (Lipinski definition) is 2. The number of fused-ring (bicyclic) bond motifs is 3. The van der Waals surface area contributed by atoms with Gasteiger partial charge in [-0.1, -0.05) is 177 Å². The molecule has 5 aromatic carbocycles. The molecule has 0 amide bonds. The number of hydrogen-bond donors (Lipinski definition) is 0. The van der Waals surface area contributed by atoms with E-state index in [-0.39, 0.29) is 6.04 Å². The van der Waals surface area contributed by atoms with Gasteiger partial charge in [-0.15, -0.1) is 0 Å². The second kappa shape index (κ2) is 16.8. The molecule has 0 aliphatic heterocycles. The van der Waals surface area contributed by atoms with E-state index in [1.807, 2.05) is 0 Å². The predicted molar refractivity (Wildman–Crippen MR) is 258 cm³/mol. The summed E-state index contributed by atoms with van der Waals surface area (Å²) in [5.41, 5.74) is 16.6. The summed E-state index contributed by atoms with van der Waals surface area (Å²) >= 11 is 0. The Morgan fingerprint density at radius 2 is 1.25 bits per heavy atom. The van der Waals surface area contributed by atoms with Crippen molar-refractivity contribution in [3.05, 3.63) is 287 Å². The summed E-state index contributed by atoms with van der Waals surface area (Å²) in [4.78, 5) is 4.94. The van der Waals surface area contributed by atoms with Crippen molar-refractivity contribution in [2.75, 3.05) is 9.80 Å². The molecule has 10 rings (SSSR count). The molecule has 0 N–H and O–H groups in total. The van der Waals surface area contributed by atoms with E-state index in [4.69, 9.17) is 6.58 Å². The second-order valence-electron chi connectivity index (χ2n) is 16.2. The van der Waals surface area contributed by atoms with E-state index in [2.05, 4.69) is 234 Å². The standard InChI is InChI=1S/C59H50N2/c1-44-24-10-4-23-37-54-53-40-38-52(61(50-35-21-9-22-36-50)49-29-15-2-3-16-30-49)43-57(53)59(45-25-11-5-12-26-45,46-27-13-6-14-28-46)58(54)55-41-39-51(42-56(44)55)60(47-31-17-7-18-32-47)48-33-19-8-20-34-48/h2,4-7,9-19,21-36,38-41,43,51H,1,3,8,20,37,42H2/b23-4-,24-10-. The molecule has 2 nitrogen and oxygen atoms in total. The van der Waals surface area contributed by atoms with Crippen LogP contribution in [0.4, 0.5) is 17.1 Å². The molecular formula is C59H50N2. The van der Waals surface area contributed by atoms with Gasteiger partial charge >= 0.3 is 0 Å². The van der Waals surface area contributed by atoms with Gasteiger partial charge in [0.05, 0.1) is 11.5 Å². The van der Waals surface area contributed by atoms with Crippen molar-refractivity contribution in [3.8, 4) is 0 Å². The molecule has 5 aliphatic rings. The minimum atomic E-state index is -0.637. The van der Waals surface area contributed by atoms with E-state index in [9.17, 15) is 0 Å². The first-order valence-electron chi connectivity index (χ1n) is 21.7. The van der Waals surface area contributed by atoms with Crippen LogP contribution < -0.4 is 9.80 Å². The fraction of sp³-hybridized carbons (Fsp3) is 0.119. The molecule has 5 aliphatic carbocycles. The van der Waals surface area contributed by atoms with Gasteiger partial charge in [0.15, 0.2) is 0 Å². The number of benzene rings is 5. The van der Waals surface area contributed by atoms with Crippen molar-refractivity contribution in [2.45, 2.75) is 43.6 Å². The monoisotopic (exact) mass is 786 g/mol. The van der Waals surface area contributed by atoms with Crippen LogP contribution in [-0.4, -0.2) is 6.04 Å². The lowest BCUT2D eigenvalue weighted by molar-refractivity contribution is 0.714. The molecule has 1 atom stereocenters. The van der Waals surface area contributed by atoms with Gasteiger partial charge in [-0.2, -0.15) is 0 Å². The smallest absolute Gasteiger partial charge is 0.0717 e. The third-order valence-corrected chi connectivity index (χ3v) is 12.7. The summed E-state index contributed by atoms with van der Waals surface area (Å²) in [6, 6.07) is 51.5. The topological polar surface area (TPSA) is 6.48 Å². The number of rotatable bonds is 8. The van der Waals surface area contributed by atoms with Crippen LogP contribution in [0.5, 0.6) is 0 Å². The van der Waals surface area contributed by atoms with E-state index in [1.165, 1.54) is 55.9 Å². The molecule has 0 saturated heterocycles. The molecule has 0 spiro atoms. The Morgan fingerprint density at radius 3 is 1.95 bits per heavy atom. The molecular weight excluding hydrogens is 737 g/mol. The van der Waals surface area contributed by atoms with E-state index >= 15 is 0 Å². The Hall–Kier alpha value is -7.16. The van der Waals surface area contributed by atoms with Gasteiger partial charge in [0.1, 0.15) is 0 Å². The van der Waals surface area contributed by atoms with Gasteiger partial charge in [-0.05, 0) is 137 Å². The highest BCUT2D eigenvalue weighted by atomic mass is 15.2. The molecule has 5 aromatic rings. The van der Waals surface area contributed by atoms with Crippen LogP contribution in [0.1, 0.15) is 54.4 Å². The fourth-order valence-corrected chi connectivity index (χ4v) is 10.0. The van der Waals surface area contributed by atoms with Crippen molar-refractivity contribution >= 4 is 22.6 Å². The normalized spacial score (nSPS) is 19.9. The Kier molecular flexibility index (Phi) is 10.5. The number of anilines is 3. The third kappa shape index (κ3) is 6.98. The molecule has 0 radical (unpaired) electrons. The zero-order valence-corrected chi connectivity index (χ0v) is 34.6. The van der Waals surface area contributed by atoms with E-state index in [0.717, 1.165) is 54.7 Å². The Morgan fingerprint density at radius 1 is 0.557 bits per heavy atom.